The Balaban J connectivity index is 2.01. The number of aliphatic carboxylic acids is 1. The number of rotatable bonds is 5. The molecule has 2 atom stereocenters. The summed E-state index contributed by atoms with van der Waals surface area (Å²) < 4.78 is 10.7. The van der Waals surface area contributed by atoms with Gasteiger partial charge in [-0.1, -0.05) is 12.1 Å². The SMILES string of the molecule is COc1ccc(C[C@]2(C(=O)O)/C(=C/CO)O[C@@H]3CC(=O)N32)cc1. The number of nitrogens with zero attached hydrogens (tertiary/aromatic N) is 1. The molecule has 0 aromatic heterocycles. The Morgan fingerprint density at radius 1 is 1.48 bits per heavy atom. The van der Waals surface area contributed by atoms with Crippen molar-refractivity contribution in [2.75, 3.05) is 13.7 Å². The first-order valence-electron chi connectivity index (χ1n) is 7.19. The predicted molar refractivity (Wildman–Crippen MR) is 78.6 cm³/mol. The molecule has 122 valence electrons. The van der Waals surface area contributed by atoms with Crippen molar-refractivity contribution in [2.45, 2.75) is 24.6 Å². The molecule has 7 heteroatoms. The number of hydrogen-bond acceptors (Lipinski definition) is 5. The summed E-state index contributed by atoms with van der Waals surface area (Å²) in [5.41, 5.74) is -0.891. The molecule has 23 heavy (non-hydrogen) atoms. The number of carbonyl (C=O) groups excluding carboxylic acids is 1. The molecule has 2 aliphatic heterocycles. The van der Waals surface area contributed by atoms with E-state index < -0.39 is 17.7 Å². The maximum Gasteiger partial charge on any atom is 0.338 e. The highest BCUT2D eigenvalue weighted by Crippen LogP contribution is 2.46. The molecule has 3 rings (SSSR count). The van der Waals surface area contributed by atoms with E-state index in [4.69, 9.17) is 14.6 Å². The lowest BCUT2D eigenvalue weighted by Gasteiger charge is -2.40. The second kappa shape index (κ2) is 5.58. The van der Waals surface area contributed by atoms with Gasteiger partial charge in [-0.05, 0) is 23.8 Å². The molecule has 0 radical (unpaired) electrons. The summed E-state index contributed by atoms with van der Waals surface area (Å²) in [4.78, 5) is 25.2. The number of methoxy groups -OCH3 is 1. The Morgan fingerprint density at radius 3 is 2.70 bits per heavy atom. The number of β-lactam (4-membered cyclic amide) rings is 1. The number of aliphatic hydroxyl groups excluding tert-OH is 1. The molecular formula is C16H17NO6. The van der Waals surface area contributed by atoms with Crippen LogP contribution in [0.1, 0.15) is 12.0 Å². The fourth-order valence-corrected chi connectivity index (χ4v) is 3.10. The third kappa shape index (κ3) is 2.24. The lowest BCUT2D eigenvalue weighted by Crippen LogP contribution is -2.63. The zero-order valence-corrected chi connectivity index (χ0v) is 12.6. The average Bonchev–Trinajstić information content (AvgIpc) is 2.77. The summed E-state index contributed by atoms with van der Waals surface area (Å²) in [6.45, 7) is -0.359. The Labute approximate surface area is 132 Å². The van der Waals surface area contributed by atoms with E-state index in [0.29, 0.717) is 5.75 Å². The minimum absolute atomic E-state index is 0.0560. The zero-order chi connectivity index (χ0) is 16.6. The van der Waals surface area contributed by atoms with Crippen LogP contribution in [0.4, 0.5) is 0 Å². The van der Waals surface area contributed by atoms with E-state index in [0.717, 1.165) is 5.56 Å². The lowest BCUT2D eigenvalue weighted by atomic mass is 9.85. The standard InChI is InChI=1S/C16H17NO6/c1-22-11-4-2-10(3-5-11)9-16(15(20)21)12(6-7-18)23-14-8-13(19)17(14)16/h2-6,14,18H,7-9H2,1H3,(H,20,21)/b12-6-/t14-,16-/m1/s1. The maximum atomic E-state index is 12.1. The van der Waals surface area contributed by atoms with Gasteiger partial charge >= 0.3 is 5.97 Å². The highest BCUT2D eigenvalue weighted by Gasteiger charge is 2.64. The van der Waals surface area contributed by atoms with Crippen LogP contribution < -0.4 is 4.74 Å². The van der Waals surface area contributed by atoms with Crippen LogP contribution in [0.5, 0.6) is 5.75 Å². The number of carbonyl (C=O) groups is 2. The summed E-state index contributed by atoms with van der Waals surface area (Å²) in [7, 11) is 1.55. The van der Waals surface area contributed by atoms with Crippen molar-refractivity contribution in [3.05, 3.63) is 41.7 Å². The van der Waals surface area contributed by atoms with Gasteiger partial charge in [0.05, 0.1) is 20.1 Å². The molecule has 0 unspecified atom stereocenters. The van der Waals surface area contributed by atoms with Gasteiger partial charge in [-0.3, -0.25) is 9.69 Å². The van der Waals surface area contributed by atoms with Crippen molar-refractivity contribution in [1.82, 2.24) is 4.90 Å². The number of amides is 1. The van der Waals surface area contributed by atoms with Crippen LogP contribution in [0.2, 0.25) is 0 Å². The van der Waals surface area contributed by atoms with Crippen molar-refractivity contribution in [3.63, 3.8) is 0 Å². The van der Waals surface area contributed by atoms with Gasteiger partial charge in [-0.15, -0.1) is 0 Å². The van der Waals surface area contributed by atoms with Gasteiger partial charge in [0, 0.05) is 6.42 Å². The number of hydrogen-bond donors (Lipinski definition) is 2. The molecule has 1 aromatic carbocycles. The third-order valence-electron chi connectivity index (χ3n) is 4.24. The largest absolute Gasteiger partial charge is 0.497 e. The van der Waals surface area contributed by atoms with Crippen LogP contribution in [0.3, 0.4) is 0 Å². The summed E-state index contributed by atoms with van der Waals surface area (Å²) in [5.74, 6) is -0.681. The monoisotopic (exact) mass is 319 g/mol. The van der Waals surface area contributed by atoms with Gasteiger partial charge in [-0.25, -0.2) is 4.79 Å². The first-order valence-corrected chi connectivity index (χ1v) is 7.19. The second-order valence-electron chi connectivity index (χ2n) is 5.48. The number of ether oxygens (including phenoxy) is 2. The summed E-state index contributed by atoms with van der Waals surface area (Å²) in [6.07, 6.45) is 0.944. The highest BCUT2D eigenvalue weighted by atomic mass is 16.5. The summed E-state index contributed by atoms with van der Waals surface area (Å²) in [6, 6.07) is 6.95. The van der Waals surface area contributed by atoms with E-state index in [2.05, 4.69) is 0 Å². The van der Waals surface area contributed by atoms with Crippen LogP contribution in [0.15, 0.2) is 36.1 Å². The maximum absolute atomic E-state index is 12.1. The quantitative estimate of drug-likeness (QED) is 0.768. The molecule has 0 spiro atoms. The molecular weight excluding hydrogens is 302 g/mol. The molecule has 7 nitrogen and oxygen atoms in total. The molecule has 2 fully saturated rings. The highest BCUT2D eigenvalue weighted by molar-refractivity contribution is 5.94. The average molecular weight is 319 g/mol. The van der Waals surface area contributed by atoms with Gasteiger partial charge in [0.1, 0.15) is 11.5 Å². The van der Waals surface area contributed by atoms with Gasteiger partial charge in [0.2, 0.25) is 11.4 Å². The minimum atomic E-state index is -1.61. The van der Waals surface area contributed by atoms with Gasteiger partial charge in [0.15, 0.2) is 6.23 Å². The van der Waals surface area contributed by atoms with Gasteiger partial charge in [0.25, 0.3) is 0 Å². The van der Waals surface area contributed by atoms with E-state index in [1.54, 1.807) is 31.4 Å². The number of aliphatic hydroxyl groups is 1. The Bertz CT molecular complexity index is 668. The predicted octanol–water partition coefficient (Wildman–Crippen LogP) is 0.526. The van der Waals surface area contributed by atoms with Gasteiger partial charge < -0.3 is 19.7 Å². The van der Waals surface area contributed by atoms with E-state index in [9.17, 15) is 14.7 Å². The summed E-state index contributed by atoms with van der Waals surface area (Å²) in [5, 5.41) is 19.0. The lowest BCUT2D eigenvalue weighted by molar-refractivity contribution is -0.170. The Morgan fingerprint density at radius 2 is 2.17 bits per heavy atom. The zero-order valence-electron chi connectivity index (χ0n) is 12.6. The molecule has 0 bridgehead atoms. The molecule has 0 aliphatic carbocycles. The molecule has 2 N–H and O–H groups in total. The molecule has 0 saturated carbocycles. The van der Waals surface area contributed by atoms with Crippen molar-refractivity contribution in [3.8, 4) is 5.75 Å². The number of benzene rings is 1. The Kier molecular flexibility index (Phi) is 3.73. The Hall–Kier alpha value is -2.54. The van der Waals surface area contributed by atoms with Crippen molar-refractivity contribution in [1.29, 1.82) is 0 Å². The minimum Gasteiger partial charge on any atom is -0.497 e. The first kappa shape index (κ1) is 15.4. The number of carboxylic acids is 1. The topological polar surface area (TPSA) is 96.3 Å². The third-order valence-corrected chi connectivity index (χ3v) is 4.24. The van der Waals surface area contributed by atoms with E-state index in [1.165, 1.54) is 11.0 Å². The molecule has 2 saturated heterocycles. The summed E-state index contributed by atoms with van der Waals surface area (Å²) >= 11 is 0. The fraction of sp³-hybridized carbons (Fsp3) is 0.375. The van der Waals surface area contributed by atoms with Crippen molar-refractivity contribution in [2.24, 2.45) is 0 Å². The number of carboxylic acid groups (broad SMARTS) is 1. The van der Waals surface area contributed by atoms with E-state index >= 15 is 0 Å². The van der Waals surface area contributed by atoms with Crippen LogP contribution in [-0.4, -0.2) is 52.5 Å². The molecule has 2 heterocycles. The van der Waals surface area contributed by atoms with E-state index in [-0.39, 0.29) is 31.1 Å². The van der Waals surface area contributed by atoms with Crippen LogP contribution in [-0.2, 0) is 20.7 Å². The van der Waals surface area contributed by atoms with Gasteiger partial charge in [-0.2, -0.15) is 0 Å². The molecule has 1 amide bonds. The first-order chi connectivity index (χ1) is 11.0. The smallest absolute Gasteiger partial charge is 0.338 e. The molecule has 1 aromatic rings. The van der Waals surface area contributed by atoms with E-state index in [1.807, 2.05) is 0 Å². The van der Waals surface area contributed by atoms with Crippen molar-refractivity contribution < 1.29 is 29.3 Å². The van der Waals surface area contributed by atoms with Crippen molar-refractivity contribution >= 4 is 11.9 Å². The van der Waals surface area contributed by atoms with Crippen LogP contribution in [0.25, 0.3) is 0 Å². The van der Waals surface area contributed by atoms with Crippen LogP contribution >= 0.6 is 0 Å². The second-order valence-corrected chi connectivity index (χ2v) is 5.48. The molecule has 2 aliphatic rings. The fourth-order valence-electron chi connectivity index (χ4n) is 3.10. The number of fused-ring (bicyclic) bond motifs is 1. The van der Waals surface area contributed by atoms with Crippen LogP contribution in [0, 0.1) is 0 Å². The normalized spacial score (nSPS) is 27.4.